The fourth-order valence-electron chi connectivity index (χ4n) is 3.14. The van der Waals surface area contributed by atoms with Crippen LogP contribution in [0.4, 0.5) is 5.69 Å². The maximum atomic E-state index is 13.2. The minimum absolute atomic E-state index is 0.185. The number of fused-ring (bicyclic) bond motifs is 1. The zero-order chi connectivity index (χ0) is 20.4. The van der Waals surface area contributed by atoms with Gasteiger partial charge in [-0.1, -0.05) is 60.1 Å². The third kappa shape index (κ3) is 3.81. The molecule has 142 valence electrons. The fraction of sp³-hybridized carbons (Fsp3) is 0. The van der Waals surface area contributed by atoms with Crippen LogP contribution in [0.3, 0.4) is 0 Å². The van der Waals surface area contributed by atoms with Crippen LogP contribution in [0.5, 0.6) is 0 Å². The number of hydrogen-bond acceptors (Lipinski definition) is 3. The van der Waals surface area contributed by atoms with Gasteiger partial charge >= 0.3 is 0 Å². The van der Waals surface area contributed by atoms with Gasteiger partial charge in [-0.25, -0.2) is 4.98 Å². The Kier molecular flexibility index (Phi) is 4.97. The molecule has 0 radical (unpaired) electrons. The molecule has 0 atom stereocenters. The second kappa shape index (κ2) is 7.73. The first-order valence-electron chi connectivity index (χ1n) is 8.89. The summed E-state index contributed by atoms with van der Waals surface area (Å²) in [5.74, 6) is -1.04. The summed E-state index contributed by atoms with van der Waals surface area (Å²) in [6, 6.07) is 23.3. The first-order chi connectivity index (χ1) is 14.0. The van der Waals surface area contributed by atoms with Gasteiger partial charge in [-0.15, -0.1) is 0 Å². The summed E-state index contributed by atoms with van der Waals surface area (Å²) in [5.41, 5.74) is 8.57. The Hall–Kier alpha value is -3.70. The lowest BCUT2D eigenvalue weighted by Crippen LogP contribution is -2.18. The number of carbonyl (C=O) groups is 2. The van der Waals surface area contributed by atoms with Gasteiger partial charge < -0.3 is 11.1 Å². The van der Waals surface area contributed by atoms with Crippen LogP contribution in [0.1, 0.15) is 20.7 Å². The summed E-state index contributed by atoms with van der Waals surface area (Å²) in [4.78, 5) is 29.6. The van der Waals surface area contributed by atoms with Gasteiger partial charge in [0.15, 0.2) is 0 Å². The van der Waals surface area contributed by atoms with Crippen molar-refractivity contribution in [3.05, 3.63) is 95.0 Å². The van der Waals surface area contributed by atoms with Crippen LogP contribution in [0.25, 0.3) is 22.2 Å². The normalized spacial score (nSPS) is 10.7. The van der Waals surface area contributed by atoms with Gasteiger partial charge in [0.1, 0.15) is 0 Å². The quantitative estimate of drug-likeness (QED) is 0.509. The number of para-hydroxylation sites is 1. The summed E-state index contributed by atoms with van der Waals surface area (Å²) in [6.45, 7) is 0. The van der Waals surface area contributed by atoms with E-state index >= 15 is 0 Å². The summed E-state index contributed by atoms with van der Waals surface area (Å²) >= 11 is 6.04. The van der Waals surface area contributed by atoms with Gasteiger partial charge in [-0.2, -0.15) is 0 Å². The second-order valence-corrected chi connectivity index (χ2v) is 6.88. The topological polar surface area (TPSA) is 85.1 Å². The second-order valence-electron chi connectivity index (χ2n) is 6.45. The van der Waals surface area contributed by atoms with Crippen molar-refractivity contribution in [3.63, 3.8) is 0 Å². The zero-order valence-electron chi connectivity index (χ0n) is 15.2. The van der Waals surface area contributed by atoms with Gasteiger partial charge in [-0.05, 0) is 30.3 Å². The van der Waals surface area contributed by atoms with Gasteiger partial charge in [0.2, 0.25) is 0 Å². The van der Waals surface area contributed by atoms with Crippen LogP contribution in [-0.4, -0.2) is 16.8 Å². The minimum Gasteiger partial charge on any atom is -0.366 e. The molecule has 0 spiro atoms. The van der Waals surface area contributed by atoms with E-state index in [2.05, 4.69) is 10.3 Å². The van der Waals surface area contributed by atoms with E-state index in [0.717, 1.165) is 5.56 Å². The Morgan fingerprint density at radius 1 is 0.862 bits per heavy atom. The van der Waals surface area contributed by atoms with Crippen molar-refractivity contribution in [1.82, 2.24) is 4.98 Å². The SMILES string of the molecule is NC(=O)c1ccc(Cl)cc1NC(=O)c1cc(-c2ccccc2)nc2ccccc12. The van der Waals surface area contributed by atoms with E-state index in [1.54, 1.807) is 12.1 Å². The van der Waals surface area contributed by atoms with E-state index in [9.17, 15) is 9.59 Å². The largest absolute Gasteiger partial charge is 0.366 e. The van der Waals surface area contributed by atoms with Gasteiger partial charge in [0.05, 0.1) is 28.0 Å². The maximum Gasteiger partial charge on any atom is 0.256 e. The van der Waals surface area contributed by atoms with Crippen molar-refractivity contribution in [2.45, 2.75) is 0 Å². The Labute approximate surface area is 172 Å². The average molecular weight is 402 g/mol. The fourth-order valence-corrected chi connectivity index (χ4v) is 3.32. The van der Waals surface area contributed by atoms with Crippen LogP contribution < -0.4 is 11.1 Å². The van der Waals surface area contributed by atoms with Crippen LogP contribution in [0, 0.1) is 0 Å². The molecule has 1 aromatic heterocycles. The van der Waals surface area contributed by atoms with E-state index in [1.165, 1.54) is 12.1 Å². The lowest BCUT2D eigenvalue weighted by Gasteiger charge is -2.12. The van der Waals surface area contributed by atoms with E-state index < -0.39 is 5.91 Å². The molecule has 0 saturated heterocycles. The van der Waals surface area contributed by atoms with Gasteiger partial charge in [0.25, 0.3) is 11.8 Å². The highest BCUT2D eigenvalue weighted by Crippen LogP contribution is 2.27. The highest BCUT2D eigenvalue weighted by atomic mass is 35.5. The number of carbonyl (C=O) groups excluding carboxylic acids is 2. The molecule has 0 fully saturated rings. The number of pyridine rings is 1. The lowest BCUT2D eigenvalue weighted by atomic mass is 10.0. The summed E-state index contributed by atoms with van der Waals surface area (Å²) in [7, 11) is 0. The van der Waals surface area contributed by atoms with Crippen molar-refractivity contribution in [1.29, 1.82) is 0 Å². The number of anilines is 1. The smallest absolute Gasteiger partial charge is 0.256 e. The molecule has 4 rings (SSSR count). The Morgan fingerprint density at radius 3 is 2.34 bits per heavy atom. The van der Waals surface area contributed by atoms with Crippen molar-refractivity contribution in [2.24, 2.45) is 5.73 Å². The lowest BCUT2D eigenvalue weighted by molar-refractivity contribution is 0.100. The molecule has 3 N–H and O–H groups in total. The minimum atomic E-state index is -0.651. The van der Waals surface area contributed by atoms with Crippen molar-refractivity contribution < 1.29 is 9.59 Å². The average Bonchev–Trinajstić information content (AvgIpc) is 2.73. The first kappa shape index (κ1) is 18.7. The van der Waals surface area contributed by atoms with E-state index in [0.29, 0.717) is 27.2 Å². The molecule has 1 heterocycles. The maximum absolute atomic E-state index is 13.2. The number of hydrogen-bond donors (Lipinski definition) is 2. The van der Waals surface area contributed by atoms with Gasteiger partial charge in [0, 0.05) is 16.0 Å². The number of benzene rings is 3. The number of aromatic nitrogens is 1. The number of amides is 2. The highest BCUT2D eigenvalue weighted by Gasteiger charge is 2.17. The van der Waals surface area contributed by atoms with Crippen molar-refractivity contribution in [3.8, 4) is 11.3 Å². The van der Waals surface area contributed by atoms with Crippen molar-refractivity contribution >= 4 is 40.0 Å². The third-order valence-corrected chi connectivity index (χ3v) is 4.76. The Bertz CT molecular complexity index is 1240. The predicted octanol–water partition coefficient (Wildman–Crippen LogP) is 4.91. The molecule has 0 aliphatic heterocycles. The van der Waals surface area contributed by atoms with Gasteiger partial charge in [-0.3, -0.25) is 9.59 Å². The molecule has 0 unspecified atom stereocenters. The van der Waals surface area contributed by atoms with Crippen molar-refractivity contribution in [2.75, 3.05) is 5.32 Å². The molecular weight excluding hydrogens is 386 g/mol. The Morgan fingerprint density at radius 2 is 1.59 bits per heavy atom. The molecule has 5 nitrogen and oxygen atoms in total. The molecule has 0 bridgehead atoms. The number of primary amides is 1. The number of nitrogens with zero attached hydrogens (tertiary/aromatic N) is 1. The summed E-state index contributed by atoms with van der Waals surface area (Å²) in [5, 5.41) is 3.85. The first-order valence-corrected chi connectivity index (χ1v) is 9.26. The van der Waals surface area contributed by atoms with E-state index in [1.807, 2.05) is 54.6 Å². The number of halogens is 1. The molecule has 6 heteroatoms. The number of nitrogens with two attached hydrogens (primary N) is 1. The molecule has 4 aromatic rings. The van der Waals surface area contributed by atoms with E-state index in [-0.39, 0.29) is 17.2 Å². The highest BCUT2D eigenvalue weighted by molar-refractivity contribution is 6.31. The molecule has 0 saturated carbocycles. The molecular formula is C23H16ClN3O2. The molecule has 0 aliphatic rings. The van der Waals surface area contributed by atoms with Crippen LogP contribution in [0.2, 0.25) is 5.02 Å². The molecule has 0 aliphatic carbocycles. The van der Waals surface area contributed by atoms with Crippen LogP contribution in [0.15, 0.2) is 78.9 Å². The van der Waals surface area contributed by atoms with Crippen LogP contribution >= 0.6 is 11.6 Å². The molecule has 3 aromatic carbocycles. The van der Waals surface area contributed by atoms with Crippen LogP contribution in [-0.2, 0) is 0 Å². The number of rotatable bonds is 4. The summed E-state index contributed by atoms with van der Waals surface area (Å²) < 4.78 is 0. The zero-order valence-corrected chi connectivity index (χ0v) is 16.0. The third-order valence-electron chi connectivity index (χ3n) is 4.53. The Balaban J connectivity index is 1.82. The standard InChI is InChI=1S/C23H16ClN3O2/c24-15-10-11-17(22(25)28)21(12-15)27-23(29)18-13-20(14-6-2-1-3-7-14)26-19-9-5-4-8-16(18)19/h1-13H,(H2,25,28)(H,27,29). The summed E-state index contributed by atoms with van der Waals surface area (Å²) in [6.07, 6.45) is 0. The predicted molar refractivity (Wildman–Crippen MR) is 115 cm³/mol. The van der Waals surface area contributed by atoms with E-state index in [4.69, 9.17) is 17.3 Å². The monoisotopic (exact) mass is 401 g/mol. The number of nitrogens with one attached hydrogen (secondary N) is 1. The molecule has 2 amide bonds. The molecule has 29 heavy (non-hydrogen) atoms.